The first kappa shape index (κ1) is 18.4. The molecule has 1 amide bonds. The number of thiophene rings is 1. The fourth-order valence-corrected chi connectivity index (χ4v) is 5.03. The van der Waals surface area contributed by atoms with Crippen LogP contribution in [-0.4, -0.2) is 49.7 Å². The van der Waals surface area contributed by atoms with Crippen LogP contribution >= 0.6 is 22.9 Å². The van der Waals surface area contributed by atoms with Crippen molar-refractivity contribution in [3.05, 3.63) is 51.7 Å². The average Bonchev–Trinajstić information content (AvgIpc) is 3.14. The van der Waals surface area contributed by atoms with Crippen LogP contribution in [0.15, 0.2) is 46.7 Å². The number of piperazine rings is 1. The molecule has 0 radical (unpaired) electrons. The standard InChI is InChI=1S/C17H19ClN2O3S2/c18-14-3-6-16(7-4-14)25(22,23)20-11-9-19(10-12-20)17(21)8-5-15-2-1-13-24-15/h1-4,6-7,13H,5,8-12H2. The van der Waals surface area contributed by atoms with E-state index >= 15 is 0 Å². The maximum absolute atomic E-state index is 12.6. The van der Waals surface area contributed by atoms with Crippen molar-refractivity contribution in [2.45, 2.75) is 17.7 Å². The molecule has 1 aromatic heterocycles. The summed E-state index contributed by atoms with van der Waals surface area (Å²) in [5.74, 6) is 0.0805. The van der Waals surface area contributed by atoms with Crippen molar-refractivity contribution >= 4 is 38.9 Å². The minimum Gasteiger partial charge on any atom is -0.340 e. The van der Waals surface area contributed by atoms with Crippen LogP contribution in [0.2, 0.25) is 5.02 Å². The molecular formula is C17H19ClN2O3S2. The fraction of sp³-hybridized carbons (Fsp3) is 0.353. The van der Waals surface area contributed by atoms with Crippen molar-refractivity contribution in [2.75, 3.05) is 26.2 Å². The van der Waals surface area contributed by atoms with Gasteiger partial charge < -0.3 is 4.90 Å². The number of nitrogens with zero attached hydrogens (tertiary/aromatic N) is 2. The molecule has 25 heavy (non-hydrogen) atoms. The molecule has 8 heteroatoms. The first-order chi connectivity index (χ1) is 12.0. The smallest absolute Gasteiger partial charge is 0.243 e. The van der Waals surface area contributed by atoms with Crippen LogP contribution in [0, 0.1) is 0 Å². The largest absolute Gasteiger partial charge is 0.340 e. The summed E-state index contributed by atoms with van der Waals surface area (Å²) in [7, 11) is -3.54. The zero-order chi connectivity index (χ0) is 17.9. The molecule has 1 fully saturated rings. The van der Waals surface area contributed by atoms with E-state index in [-0.39, 0.29) is 10.8 Å². The van der Waals surface area contributed by atoms with Crippen molar-refractivity contribution in [3.8, 4) is 0 Å². The molecule has 0 bridgehead atoms. The van der Waals surface area contributed by atoms with E-state index in [0.29, 0.717) is 37.6 Å². The number of carbonyl (C=O) groups is 1. The Bertz CT molecular complexity index is 812. The van der Waals surface area contributed by atoms with Gasteiger partial charge in [0, 0.05) is 42.5 Å². The van der Waals surface area contributed by atoms with Gasteiger partial charge in [0.2, 0.25) is 15.9 Å². The van der Waals surface area contributed by atoms with E-state index < -0.39 is 10.0 Å². The number of carbonyl (C=O) groups excluding carboxylic acids is 1. The number of hydrogen-bond acceptors (Lipinski definition) is 4. The number of aryl methyl sites for hydroxylation is 1. The van der Waals surface area contributed by atoms with Crippen molar-refractivity contribution < 1.29 is 13.2 Å². The number of amides is 1. The zero-order valence-corrected chi connectivity index (χ0v) is 16.0. The maximum atomic E-state index is 12.6. The Morgan fingerprint density at radius 1 is 1.08 bits per heavy atom. The normalized spacial score (nSPS) is 16.1. The van der Waals surface area contributed by atoms with Crippen LogP contribution < -0.4 is 0 Å². The van der Waals surface area contributed by atoms with Gasteiger partial charge in [0.15, 0.2) is 0 Å². The first-order valence-corrected chi connectivity index (χ1v) is 10.7. The first-order valence-electron chi connectivity index (χ1n) is 8.03. The third-order valence-electron chi connectivity index (χ3n) is 4.21. The molecule has 0 N–H and O–H groups in total. The van der Waals surface area contributed by atoms with Crippen molar-refractivity contribution in [1.82, 2.24) is 9.21 Å². The number of hydrogen-bond donors (Lipinski definition) is 0. The maximum Gasteiger partial charge on any atom is 0.243 e. The molecule has 134 valence electrons. The Balaban J connectivity index is 1.55. The second-order valence-corrected chi connectivity index (χ2v) is 9.22. The van der Waals surface area contributed by atoms with Gasteiger partial charge >= 0.3 is 0 Å². The van der Waals surface area contributed by atoms with Gasteiger partial charge in [0.1, 0.15) is 0 Å². The molecule has 1 saturated heterocycles. The molecule has 0 unspecified atom stereocenters. The lowest BCUT2D eigenvalue weighted by molar-refractivity contribution is -0.132. The quantitative estimate of drug-likeness (QED) is 0.778. The van der Waals surface area contributed by atoms with Gasteiger partial charge in [-0.1, -0.05) is 17.7 Å². The van der Waals surface area contributed by atoms with Crippen LogP contribution in [0.3, 0.4) is 0 Å². The van der Waals surface area contributed by atoms with E-state index in [9.17, 15) is 13.2 Å². The third kappa shape index (κ3) is 4.41. The third-order valence-corrected chi connectivity index (χ3v) is 7.31. The summed E-state index contributed by atoms with van der Waals surface area (Å²) in [6.45, 7) is 1.48. The van der Waals surface area contributed by atoms with E-state index in [4.69, 9.17) is 11.6 Å². The monoisotopic (exact) mass is 398 g/mol. The molecule has 1 aliphatic heterocycles. The summed E-state index contributed by atoms with van der Waals surface area (Å²) in [5.41, 5.74) is 0. The number of halogens is 1. The predicted octanol–water partition coefficient (Wildman–Crippen LogP) is 2.87. The summed E-state index contributed by atoms with van der Waals surface area (Å²) in [6, 6.07) is 10.2. The highest BCUT2D eigenvalue weighted by molar-refractivity contribution is 7.89. The second-order valence-electron chi connectivity index (χ2n) is 5.82. The van der Waals surface area contributed by atoms with Gasteiger partial charge in [-0.3, -0.25) is 4.79 Å². The van der Waals surface area contributed by atoms with E-state index in [1.807, 2.05) is 17.5 Å². The molecule has 0 spiro atoms. The molecule has 0 saturated carbocycles. The highest BCUT2D eigenvalue weighted by Crippen LogP contribution is 2.20. The van der Waals surface area contributed by atoms with E-state index in [1.165, 1.54) is 21.3 Å². The minimum atomic E-state index is -3.54. The molecule has 1 aromatic carbocycles. The zero-order valence-electron chi connectivity index (χ0n) is 13.6. The van der Waals surface area contributed by atoms with Crippen LogP contribution in [0.4, 0.5) is 0 Å². The predicted molar refractivity (Wildman–Crippen MR) is 99.4 cm³/mol. The Hall–Kier alpha value is -1.41. The molecule has 0 aliphatic carbocycles. The molecule has 2 aromatic rings. The Morgan fingerprint density at radius 2 is 1.76 bits per heavy atom. The highest BCUT2D eigenvalue weighted by atomic mass is 35.5. The molecule has 3 rings (SSSR count). The van der Waals surface area contributed by atoms with E-state index in [1.54, 1.807) is 28.4 Å². The van der Waals surface area contributed by atoms with E-state index in [0.717, 1.165) is 6.42 Å². The van der Waals surface area contributed by atoms with Crippen LogP contribution in [0.25, 0.3) is 0 Å². The van der Waals surface area contributed by atoms with Crippen LogP contribution in [0.1, 0.15) is 11.3 Å². The Kier molecular flexibility index (Phi) is 5.78. The van der Waals surface area contributed by atoms with E-state index in [2.05, 4.69) is 0 Å². The summed E-state index contributed by atoms with van der Waals surface area (Å²) in [4.78, 5) is 15.5. The van der Waals surface area contributed by atoms with Gasteiger partial charge in [-0.25, -0.2) is 8.42 Å². The second kappa shape index (κ2) is 7.86. The summed E-state index contributed by atoms with van der Waals surface area (Å²) >= 11 is 7.46. The lowest BCUT2D eigenvalue weighted by Crippen LogP contribution is -2.50. The average molecular weight is 399 g/mol. The van der Waals surface area contributed by atoms with Gasteiger partial charge in [-0.15, -0.1) is 11.3 Å². The number of rotatable bonds is 5. The number of sulfonamides is 1. The SMILES string of the molecule is O=C(CCc1cccs1)N1CCN(S(=O)(=O)c2ccc(Cl)cc2)CC1. The molecule has 5 nitrogen and oxygen atoms in total. The van der Waals surface area contributed by atoms with Crippen LogP contribution in [0.5, 0.6) is 0 Å². The lowest BCUT2D eigenvalue weighted by Gasteiger charge is -2.34. The summed E-state index contributed by atoms with van der Waals surface area (Å²) < 4.78 is 26.7. The van der Waals surface area contributed by atoms with Gasteiger partial charge in [-0.05, 0) is 42.1 Å². The van der Waals surface area contributed by atoms with Crippen LogP contribution in [-0.2, 0) is 21.2 Å². The van der Waals surface area contributed by atoms with Crippen molar-refractivity contribution in [1.29, 1.82) is 0 Å². The topological polar surface area (TPSA) is 57.7 Å². The molecular weight excluding hydrogens is 380 g/mol. The van der Waals surface area contributed by atoms with Gasteiger partial charge in [-0.2, -0.15) is 4.31 Å². The molecule has 0 atom stereocenters. The Labute approximate surface area is 156 Å². The van der Waals surface area contributed by atoms with Crippen molar-refractivity contribution in [3.63, 3.8) is 0 Å². The fourth-order valence-electron chi connectivity index (χ4n) is 2.78. The Morgan fingerprint density at radius 3 is 2.36 bits per heavy atom. The highest BCUT2D eigenvalue weighted by Gasteiger charge is 2.29. The molecule has 1 aliphatic rings. The minimum absolute atomic E-state index is 0.0805. The summed E-state index contributed by atoms with van der Waals surface area (Å²) in [6.07, 6.45) is 1.20. The van der Waals surface area contributed by atoms with Gasteiger partial charge in [0.05, 0.1) is 4.90 Å². The number of benzene rings is 1. The molecule has 2 heterocycles. The summed E-state index contributed by atoms with van der Waals surface area (Å²) in [5, 5.41) is 2.50. The van der Waals surface area contributed by atoms with Gasteiger partial charge in [0.25, 0.3) is 0 Å². The van der Waals surface area contributed by atoms with Crippen molar-refractivity contribution in [2.24, 2.45) is 0 Å². The lowest BCUT2D eigenvalue weighted by atomic mass is 10.2.